The molecule has 0 saturated carbocycles. The SMILES string of the molecule is O=c1cc(P(=O)(O)O)[nH]c(=O)[nH]1. The summed E-state index contributed by atoms with van der Waals surface area (Å²) in [5, 5.41) is 0. The molecule has 7 nitrogen and oxygen atoms in total. The van der Waals surface area contributed by atoms with Crippen LogP contribution in [0.15, 0.2) is 15.7 Å². The molecule has 0 unspecified atom stereocenters. The third-order valence-corrected chi connectivity index (χ3v) is 1.93. The lowest BCUT2D eigenvalue weighted by atomic mass is 10.7. The average molecular weight is 192 g/mol. The Hall–Kier alpha value is -1.17. The molecule has 0 fully saturated rings. The van der Waals surface area contributed by atoms with Crippen molar-refractivity contribution < 1.29 is 14.4 Å². The number of aromatic nitrogens is 2. The van der Waals surface area contributed by atoms with E-state index in [2.05, 4.69) is 0 Å². The zero-order valence-corrected chi connectivity index (χ0v) is 6.54. The second-order valence-corrected chi connectivity index (χ2v) is 3.59. The van der Waals surface area contributed by atoms with Crippen molar-refractivity contribution in [2.75, 3.05) is 0 Å². The summed E-state index contributed by atoms with van der Waals surface area (Å²) in [5.41, 5.74) is -2.48. The Morgan fingerprint density at radius 2 is 1.83 bits per heavy atom. The molecule has 1 heterocycles. The van der Waals surface area contributed by atoms with Gasteiger partial charge in [-0.05, 0) is 0 Å². The van der Waals surface area contributed by atoms with E-state index in [9.17, 15) is 14.2 Å². The molecule has 1 rings (SSSR count). The lowest BCUT2D eigenvalue weighted by molar-refractivity contribution is 0.386. The van der Waals surface area contributed by atoms with Gasteiger partial charge in [-0.25, -0.2) is 4.79 Å². The number of H-pyrrole nitrogens is 2. The van der Waals surface area contributed by atoms with Crippen molar-refractivity contribution >= 4 is 13.0 Å². The Balaban J connectivity index is 3.48. The van der Waals surface area contributed by atoms with Crippen molar-refractivity contribution in [3.05, 3.63) is 26.9 Å². The van der Waals surface area contributed by atoms with Crippen molar-refractivity contribution in [2.24, 2.45) is 0 Å². The van der Waals surface area contributed by atoms with E-state index in [-0.39, 0.29) is 0 Å². The van der Waals surface area contributed by atoms with Crippen LogP contribution in [0.4, 0.5) is 0 Å². The number of nitrogens with one attached hydrogen (secondary N) is 2. The maximum Gasteiger partial charge on any atom is 0.372 e. The van der Waals surface area contributed by atoms with E-state index in [1.165, 1.54) is 0 Å². The fourth-order valence-corrected chi connectivity index (χ4v) is 1.15. The first-order valence-corrected chi connectivity index (χ1v) is 4.40. The van der Waals surface area contributed by atoms with Crippen LogP contribution in [0.3, 0.4) is 0 Å². The van der Waals surface area contributed by atoms with Crippen LogP contribution in [0.5, 0.6) is 0 Å². The van der Waals surface area contributed by atoms with Gasteiger partial charge in [0, 0.05) is 6.07 Å². The molecule has 66 valence electrons. The molecule has 8 heteroatoms. The van der Waals surface area contributed by atoms with Crippen molar-refractivity contribution in [3.63, 3.8) is 0 Å². The molecule has 0 bridgehead atoms. The lowest BCUT2D eigenvalue weighted by Crippen LogP contribution is -2.30. The highest BCUT2D eigenvalue weighted by molar-refractivity contribution is 7.59. The van der Waals surface area contributed by atoms with E-state index in [0.717, 1.165) is 0 Å². The van der Waals surface area contributed by atoms with Crippen LogP contribution in [0.25, 0.3) is 0 Å². The molecule has 0 amide bonds. The average Bonchev–Trinajstić information content (AvgIpc) is 1.82. The highest BCUT2D eigenvalue weighted by atomic mass is 31.2. The summed E-state index contributed by atoms with van der Waals surface area (Å²) >= 11 is 0. The number of rotatable bonds is 1. The summed E-state index contributed by atoms with van der Waals surface area (Å²) in [4.78, 5) is 41.7. The lowest BCUT2D eigenvalue weighted by Gasteiger charge is -2.00. The van der Waals surface area contributed by atoms with Gasteiger partial charge in [0.2, 0.25) is 0 Å². The summed E-state index contributed by atoms with van der Waals surface area (Å²) in [6.07, 6.45) is 0. The van der Waals surface area contributed by atoms with Gasteiger partial charge >= 0.3 is 13.3 Å². The summed E-state index contributed by atoms with van der Waals surface area (Å²) in [6.45, 7) is 0. The Bertz CT molecular complexity index is 411. The molecule has 0 spiro atoms. The van der Waals surface area contributed by atoms with E-state index in [1.54, 1.807) is 4.98 Å². The molecule has 4 N–H and O–H groups in total. The third-order valence-electron chi connectivity index (χ3n) is 1.06. The van der Waals surface area contributed by atoms with Crippen LogP contribution in [-0.2, 0) is 4.57 Å². The van der Waals surface area contributed by atoms with Gasteiger partial charge in [0.25, 0.3) is 5.56 Å². The molecule has 0 saturated heterocycles. The van der Waals surface area contributed by atoms with Crippen LogP contribution in [0.2, 0.25) is 0 Å². The Morgan fingerprint density at radius 1 is 1.25 bits per heavy atom. The van der Waals surface area contributed by atoms with Crippen LogP contribution < -0.4 is 16.7 Å². The Kier molecular flexibility index (Phi) is 2.01. The van der Waals surface area contributed by atoms with Gasteiger partial charge in [-0.1, -0.05) is 0 Å². The first kappa shape index (κ1) is 8.92. The van der Waals surface area contributed by atoms with Crippen LogP contribution >= 0.6 is 7.60 Å². The zero-order chi connectivity index (χ0) is 9.35. The topological polar surface area (TPSA) is 123 Å². The monoisotopic (exact) mass is 192 g/mol. The van der Waals surface area contributed by atoms with E-state index in [0.29, 0.717) is 6.07 Å². The molecule has 1 aromatic rings. The Labute approximate surface area is 65.2 Å². The summed E-state index contributed by atoms with van der Waals surface area (Å²) in [6, 6.07) is 0.641. The molecule has 12 heavy (non-hydrogen) atoms. The molecular formula is C4H5N2O5P. The number of hydrogen-bond acceptors (Lipinski definition) is 3. The molecule has 0 atom stereocenters. The van der Waals surface area contributed by atoms with E-state index >= 15 is 0 Å². The van der Waals surface area contributed by atoms with Gasteiger partial charge in [-0.15, -0.1) is 0 Å². The van der Waals surface area contributed by atoms with E-state index in [1.807, 2.05) is 4.98 Å². The van der Waals surface area contributed by atoms with Gasteiger partial charge in [0.15, 0.2) is 0 Å². The standard InChI is InChI=1S/C4H5N2O5P/c7-2-1-3(12(9,10)11)6-4(8)5-2/h1H,(H2,9,10,11)(H2,5,6,7,8). The zero-order valence-electron chi connectivity index (χ0n) is 5.64. The van der Waals surface area contributed by atoms with Crippen molar-refractivity contribution in [3.8, 4) is 0 Å². The van der Waals surface area contributed by atoms with Gasteiger partial charge < -0.3 is 14.8 Å². The maximum atomic E-state index is 10.5. The van der Waals surface area contributed by atoms with Crippen LogP contribution in [-0.4, -0.2) is 19.8 Å². The number of aromatic amines is 2. The number of hydrogen-bond donors (Lipinski definition) is 4. The quantitative estimate of drug-likeness (QED) is 0.378. The minimum absolute atomic E-state index is 0.641. The predicted molar refractivity (Wildman–Crippen MR) is 39.4 cm³/mol. The van der Waals surface area contributed by atoms with E-state index < -0.39 is 24.3 Å². The molecule has 1 aromatic heterocycles. The third kappa shape index (κ3) is 1.91. The first-order valence-electron chi connectivity index (χ1n) is 2.79. The molecule has 0 aliphatic rings. The minimum Gasteiger partial charge on any atom is -0.320 e. The molecule has 0 aliphatic carbocycles. The highest BCUT2D eigenvalue weighted by Gasteiger charge is 2.18. The summed E-state index contributed by atoms with van der Waals surface area (Å²) < 4.78 is 10.5. The highest BCUT2D eigenvalue weighted by Crippen LogP contribution is 2.30. The van der Waals surface area contributed by atoms with E-state index in [4.69, 9.17) is 9.79 Å². The second-order valence-electron chi connectivity index (χ2n) is 2.02. The van der Waals surface area contributed by atoms with Gasteiger partial charge in [-0.3, -0.25) is 14.3 Å². The molecular weight excluding hydrogens is 187 g/mol. The fraction of sp³-hybridized carbons (Fsp3) is 0. The Morgan fingerprint density at radius 3 is 2.25 bits per heavy atom. The summed E-state index contributed by atoms with van der Waals surface area (Å²) in [5.74, 6) is 0. The maximum absolute atomic E-state index is 10.5. The normalized spacial score (nSPS) is 11.5. The second kappa shape index (κ2) is 2.71. The van der Waals surface area contributed by atoms with Gasteiger partial charge in [0.05, 0.1) is 0 Å². The van der Waals surface area contributed by atoms with Crippen molar-refractivity contribution in [1.29, 1.82) is 0 Å². The van der Waals surface area contributed by atoms with Gasteiger partial charge in [-0.2, -0.15) is 0 Å². The molecule has 0 aliphatic heterocycles. The molecule has 0 aromatic carbocycles. The van der Waals surface area contributed by atoms with Gasteiger partial charge in [0.1, 0.15) is 5.44 Å². The summed E-state index contributed by atoms with van der Waals surface area (Å²) in [7, 11) is -4.55. The minimum atomic E-state index is -4.55. The van der Waals surface area contributed by atoms with Crippen LogP contribution in [0, 0.1) is 0 Å². The largest absolute Gasteiger partial charge is 0.372 e. The van der Waals surface area contributed by atoms with Crippen molar-refractivity contribution in [2.45, 2.75) is 0 Å². The van der Waals surface area contributed by atoms with Crippen LogP contribution in [0.1, 0.15) is 0 Å². The molecule has 0 radical (unpaired) electrons. The first-order chi connectivity index (χ1) is 5.39. The predicted octanol–water partition coefficient (Wildman–Crippen LogP) is -2.13. The fourth-order valence-electron chi connectivity index (χ4n) is 0.613. The van der Waals surface area contributed by atoms with Crippen molar-refractivity contribution in [1.82, 2.24) is 9.97 Å². The smallest absolute Gasteiger partial charge is 0.320 e.